The second-order valence-corrected chi connectivity index (χ2v) is 13.1. The van der Waals surface area contributed by atoms with Crippen LogP contribution < -0.4 is 18.6 Å². The third kappa shape index (κ3) is 5.92. The molecule has 0 radical (unpaired) electrons. The van der Waals surface area contributed by atoms with Gasteiger partial charge in [-0.25, -0.2) is 0 Å². The first-order chi connectivity index (χ1) is 26.7. The maximum absolute atomic E-state index is 7.17. The highest BCUT2D eigenvalue weighted by Crippen LogP contribution is 2.55. The van der Waals surface area contributed by atoms with Crippen LogP contribution in [-0.2, 0) is 13.7 Å². The summed E-state index contributed by atoms with van der Waals surface area (Å²) in [5.41, 5.74) is 5.59. The van der Waals surface area contributed by atoms with Crippen LogP contribution >= 0.6 is 0 Å². The Morgan fingerprint density at radius 1 is 0.407 bits per heavy atom. The lowest BCUT2D eigenvalue weighted by atomic mass is 9.84. The lowest BCUT2D eigenvalue weighted by molar-refractivity contribution is 0.0722. The summed E-state index contributed by atoms with van der Waals surface area (Å²) in [5, 5.41) is 3.62. The first kappa shape index (κ1) is 32.2. The Morgan fingerprint density at radius 3 is 1.20 bits per heavy atom. The van der Waals surface area contributed by atoms with Crippen LogP contribution in [-0.4, -0.2) is 21.6 Å². The molecule has 8 aromatic carbocycles. The summed E-state index contributed by atoms with van der Waals surface area (Å²) in [6.07, 6.45) is 0. The molecule has 1 saturated heterocycles. The largest absolute Gasteiger partial charge is 0.662 e. The van der Waals surface area contributed by atoms with Crippen LogP contribution in [0.25, 0.3) is 54.9 Å². The Balaban J connectivity index is 1.27. The lowest BCUT2D eigenvalue weighted by Crippen LogP contribution is -2.68. The topological polar surface area (TPSA) is 64.6 Å². The number of para-hydroxylation sites is 2. The maximum Gasteiger partial charge on any atom is 0.662 e. The average molecular weight is 703 g/mol. The third-order valence-electron chi connectivity index (χ3n) is 9.68. The number of rotatable bonds is 6. The van der Waals surface area contributed by atoms with Crippen molar-refractivity contribution in [3.63, 3.8) is 0 Å². The van der Waals surface area contributed by atoms with Crippen molar-refractivity contribution in [3.05, 3.63) is 182 Å². The van der Waals surface area contributed by atoms with Gasteiger partial charge in [0.05, 0.1) is 11.5 Å². The molecule has 258 valence electrons. The molecule has 0 unspecified atom stereocenters. The molecular weight excluding hydrogens is 673 g/mol. The van der Waals surface area contributed by atoms with E-state index in [-0.39, 0.29) is 0 Å². The van der Waals surface area contributed by atoms with E-state index in [2.05, 4.69) is 48.5 Å². The molecule has 0 aliphatic carbocycles. The molecule has 10 rings (SSSR count). The van der Waals surface area contributed by atoms with Crippen molar-refractivity contribution in [2.75, 3.05) is 0 Å². The van der Waals surface area contributed by atoms with Gasteiger partial charge in [0.15, 0.2) is 0 Å². The van der Waals surface area contributed by atoms with Crippen LogP contribution in [0.15, 0.2) is 182 Å². The molecule has 2 aliphatic rings. The molecule has 54 heavy (non-hydrogen) atoms. The van der Waals surface area contributed by atoms with Gasteiger partial charge >= 0.3 is 21.6 Å². The van der Waals surface area contributed by atoms with Crippen molar-refractivity contribution in [1.29, 1.82) is 0 Å². The summed E-state index contributed by atoms with van der Waals surface area (Å²) in [7, 11) is -2.71. The van der Waals surface area contributed by atoms with Gasteiger partial charge in [0.25, 0.3) is 0 Å². The summed E-state index contributed by atoms with van der Waals surface area (Å²) in [4.78, 5) is 0. The fraction of sp³-hybridized carbons (Fsp3) is 0. The van der Waals surface area contributed by atoms with E-state index in [9.17, 15) is 0 Å². The number of hydrogen-bond donors (Lipinski definition) is 0. The molecule has 10 heteroatoms. The van der Waals surface area contributed by atoms with E-state index in [1.807, 2.05) is 133 Å². The van der Waals surface area contributed by atoms with Crippen molar-refractivity contribution in [2.24, 2.45) is 0 Å². The average Bonchev–Trinajstić information content (AvgIpc) is 3.36. The highest BCUT2D eigenvalue weighted by Gasteiger charge is 2.56. The van der Waals surface area contributed by atoms with E-state index in [1.165, 1.54) is 0 Å². The van der Waals surface area contributed by atoms with Gasteiger partial charge in [0.2, 0.25) is 0 Å². The van der Waals surface area contributed by atoms with Crippen molar-refractivity contribution < 1.29 is 32.3 Å². The fourth-order valence-electron chi connectivity index (χ4n) is 7.28. The van der Waals surface area contributed by atoms with Gasteiger partial charge in [-0.15, -0.1) is 0 Å². The van der Waals surface area contributed by atoms with E-state index in [0.717, 1.165) is 54.9 Å². The smallest absolute Gasteiger partial charge is 0.635 e. The Hall–Kier alpha value is -6.45. The Labute approximate surface area is 313 Å². The van der Waals surface area contributed by atoms with Gasteiger partial charge in [-0.1, -0.05) is 146 Å². The summed E-state index contributed by atoms with van der Waals surface area (Å²) in [6, 6.07) is 59.8. The van der Waals surface area contributed by atoms with E-state index in [1.54, 1.807) is 0 Å². The van der Waals surface area contributed by atoms with Gasteiger partial charge in [-0.05, 0) is 69.4 Å². The van der Waals surface area contributed by atoms with Gasteiger partial charge in [-0.2, -0.15) is 0 Å². The molecule has 1 fully saturated rings. The molecule has 0 bridgehead atoms. The van der Waals surface area contributed by atoms with Crippen LogP contribution in [0.3, 0.4) is 0 Å². The molecule has 7 nitrogen and oxygen atoms in total. The van der Waals surface area contributed by atoms with Crippen LogP contribution in [0.5, 0.6) is 23.0 Å². The van der Waals surface area contributed by atoms with Crippen molar-refractivity contribution in [2.45, 2.75) is 0 Å². The molecule has 8 aromatic rings. The summed E-state index contributed by atoms with van der Waals surface area (Å²) in [6.45, 7) is -3.23. The minimum absolute atomic E-state index is 0.511. The molecule has 2 aliphatic heterocycles. The Bertz CT molecular complexity index is 2430. The molecule has 0 aromatic heterocycles. The monoisotopic (exact) mass is 703 g/mol. The summed E-state index contributed by atoms with van der Waals surface area (Å²) in [5.74, 6) is 2.07. The van der Waals surface area contributed by atoms with Crippen LogP contribution in [0, 0.1) is 0 Å². The zero-order chi connectivity index (χ0) is 35.9. The predicted molar refractivity (Wildman–Crippen MR) is 214 cm³/mol. The van der Waals surface area contributed by atoms with Gasteiger partial charge in [0.1, 0.15) is 11.5 Å². The second kappa shape index (κ2) is 13.5. The van der Waals surface area contributed by atoms with Gasteiger partial charge < -0.3 is 32.3 Å². The standard InChI is InChI=1S/C44H30B3O7/c1-5-17-31(18-6-1)39-29-33-21-13-15-27-37(33)43-41(39)42-40(32-19-7-2-8-20-32)30-34-22-14-16-28-38(34)44(42)51-47(50-43)53-45(48-35-23-9-3-10-24-35)52-46(54-47)49-36-25-11-4-12-26-36/h1-30H/q-1. The molecule has 1 spiro atoms. The molecule has 0 N–H and O–H groups in total. The van der Waals surface area contributed by atoms with E-state index < -0.39 is 21.6 Å². The Kier molecular flexibility index (Phi) is 8.06. The lowest BCUT2D eigenvalue weighted by Gasteiger charge is -2.46. The van der Waals surface area contributed by atoms with Crippen molar-refractivity contribution in [1.82, 2.24) is 0 Å². The molecular formula is C44H30B3O7-. The summed E-state index contributed by atoms with van der Waals surface area (Å²) >= 11 is 0. The maximum atomic E-state index is 7.17. The highest BCUT2D eigenvalue weighted by molar-refractivity contribution is 6.75. The predicted octanol–water partition coefficient (Wildman–Crippen LogP) is 10.4. The first-order valence-electron chi connectivity index (χ1n) is 17.9. The van der Waals surface area contributed by atoms with Crippen LogP contribution in [0.1, 0.15) is 0 Å². The van der Waals surface area contributed by atoms with Gasteiger partial charge in [0, 0.05) is 21.9 Å². The van der Waals surface area contributed by atoms with Crippen molar-refractivity contribution >= 4 is 43.1 Å². The zero-order valence-electron chi connectivity index (χ0n) is 28.9. The van der Waals surface area contributed by atoms with E-state index in [4.69, 9.17) is 32.3 Å². The third-order valence-corrected chi connectivity index (χ3v) is 9.68. The fourth-order valence-corrected chi connectivity index (χ4v) is 7.28. The first-order valence-corrected chi connectivity index (χ1v) is 17.9. The number of fused-ring (bicyclic) bond motifs is 7. The SMILES string of the molecule is c1ccc(OB2OB(Oc3ccccc3)O[B-]3(O2)Oc2c(c(-c4ccccc4)cc4ccccc24)-c2c(-c4ccccc4)cc4ccccc4c2O3)cc1. The second-order valence-electron chi connectivity index (χ2n) is 13.1. The molecule has 0 saturated carbocycles. The molecule has 0 atom stereocenters. The van der Waals surface area contributed by atoms with E-state index >= 15 is 0 Å². The van der Waals surface area contributed by atoms with Crippen molar-refractivity contribution in [3.8, 4) is 56.4 Å². The minimum Gasteiger partial charge on any atom is -0.635 e. The highest BCUT2D eigenvalue weighted by atomic mass is 17.0. The Morgan fingerprint density at radius 2 is 0.778 bits per heavy atom. The van der Waals surface area contributed by atoms with Crippen LogP contribution in [0.2, 0.25) is 0 Å². The van der Waals surface area contributed by atoms with Gasteiger partial charge in [-0.3, -0.25) is 0 Å². The van der Waals surface area contributed by atoms with E-state index in [0.29, 0.717) is 23.0 Å². The quantitative estimate of drug-likeness (QED) is 0.160. The van der Waals surface area contributed by atoms with Crippen LogP contribution in [0.4, 0.5) is 0 Å². The number of benzene rings is 8. The molecule has 2 heterocycles. The minimum atomic E-state index is -3.23. The normalized spacial score (nSPS) is 14.4. The molecule has 0 amide bonds. The number of hydrogen-bond acceptors (Lipinski definition) is 7. The zero-order valence-corrected chi connectivity index (χ0v) is 28.9. The summed E-state index contributed by atoms with van der Waals surface area (Å²) < 4.78 is 46.4.